The number of aromatic nitrogens is 2. The van der Waals surface area contributed by atoms with E-state index in [-0.39, 0.29) is 11.8 Å². The lowest BCUT2D eigenvalue weighted by atomic mass is 9.97. The van der Waals surface area contributed by atoms with E-state index in [4.69, 9.17) is 0 Å². The summed E-state index contributed by atoms with van der Waals surface area (Å²) in [5, 5.41) is 8.47. The lowest BCUT2D eigenvalue weighted by molar-refractivity contribution is -0.126. The van der Waals surface area contributed by atoms with Gasteiger partial charge in [0.25, 0.3) is 0 Å². The Balaban J connectivity index is 1.21. The summed E-state index contributed by atoms with van der Waals surface area (Å²) in [6.45, 7) is 1.27. The summed E-state index contributed by atoms with van der Waals surface area (Å²) in [6.07, 6.45) is 7.04. The lowest BCUT2D eigenvalue weighted by Crippen LogP contribution is -2.42. The molecule has 1 N–H and O–H groups in total. The van der Waals surface area contributed by atoms with Crippen LogP contribution in [-0.2, 0) is 21.2 Å². The van der Waals surface area contributed by atoms with Gasteiger partial charge in [-0.15, -0.1) is 0 Å². The molecule has 1 saturated heterocycles. The SMILES string of the molecule is O=C(NCCc1ccc(-n2cccn2)cc1)C1CCN(S(=O)(=O)/C=C/c2ccccc2)CC1. The molecule has 0 atom stereocenters. The quantitative estimate of drug-likeness (QED) is 0.555. The molecule has 1 amide bonds. The number of hydrogen-bond donors (Lipinski definition) is 1. The molecule has 1 fully saturated rings. The van der Waals surface area contributed by atoms with Crippen LogP contribution in [0.5, 0.6) is 0 Å². The molecule has 1 aliphatic heterocycles. The molecule has 0 radical (unpaired) electrons. The van der Waals surface area contributed by atoms with Crippen molar-refractivity contribution >= 4 is 22.0 Å². The van der Waals surface area contributed by atoms with Crippen LogP contribution in [0.2, 0.25) is 0 Å². The monoisotopic (exact) mass is 464 g/mol. The number of rotatable bonds is 8. The highest BCUT2D eigenvalue weighted by molar-refractivity contribution is 7.92. The lowest BCUT2D eigenvalue weighted by Gasteiger charge is -2.29. The zero-order valence-electron chi connectivity index (χ0n) is 18.4. The zero-order valence-corrected chi connectivity index (χ0v) is 19.2. The van der Waals surface area contributed by atoms with E-state index in [1.165, 1.54) is 9.71 Å². The Bertz CT molecular complexity index is 1170. The highest BCUT2D eigenvalue weighted by atomic mass is 32.2. The Labute approximate surface area is 194 Å². The fraction of sp³-hybridized carbons (Fsp3) is 0.280. The largest absolute Gasteiger partial charge is 0.356 e. The number of hydrogen-bond acceptors (Lipinski definition) is 4. The number of carbonyl (C=O) groups is 1. The fourth-order valence-electron chi connectivity index (χ4n) is 3.90. The second-order valence-corrected chi connectivity index (χ2v) is 9.91. The van der Waals surface area contributed by atoms with Crippen LogP contribution in [0.25, 0.3) is 11.8 Å². The first-order valence-corrected chi connectivity index (χ1v) is 12.6. The molecule has 8 heteroatoms. The van der Waals surface area contributed by atoms with E-state index in [0.717, 1.165) is 23.2 Å². The molecule has 0 bridgehead atoms. The topological polar surface area (TPSA) is 84.3 Å². The minimum Gasteiger partial charge on any atom is -0.356 e. The second kappa shape index (κ2) is 10.6. The van der Waals surface area contributed by atoms with Crippen molar-refractivity contribution in [2.75, 3.05) is 19.6 Å². The molecule has 0 spiro atoms. The van der Waals surface area contributed by atoms with E-state index in [2.05, 4.69) is 10.4 Å². The van der Waals surface area contributed by atoms with E-state index in [1.807, 2.05) is 66.9 Å². The number of nitrogens with zero attached hydrogens (tertiary/aromatic N) is 3. The molecule has 7 nitrogen and oxygen atoms in total. The Hall–Kier alpha value is -3.23. The van der Waals surface area contributed by atoms with Crippen molar-refractivity contribution in [2.24, 2.45) is 5.92 Å². The van der Waals surface area contributed by atoms with E-state index in [1.54, 1.807) is 17.0 Å². The number of sulfonamides is 1. The van der Waals surface area contributed by atoms with Gasteiger partial charge in [-0.3, -0.25) is 4.79 Å². The summed E-state index contributed by atoms with van der Waals surface area (Å²) in [5.41, 5.74) is 2.97. The van der Waals surface area contributed by atoms with E-state index in [9.17, 15) is 13.2 Å². The molecule has 1 aliphatic rings. The van der Waals surface area contributed by atoms with Crippen LogP contribution in [0.1, 0.15) is 24.0 Å². The van der Waals surface area contributed by atoms with Crippen molar-refractivity contribution in [2.45, 2.75) is 19.3 Å². The Kier molecular flexibility index (Phi) is 7.36. The van der Waals surface area contributed by atoms with Crippen molar-refractivity contribution in [3.05, 3.63) is 89.6 Å². The van der Waals surface area contributed by atoms with Crippen LogP contribution in [0.4, 0.5) is 0 Å². The first-order chi connectivity index (χ1) is 16.0. The average Bonchev–Trinajstić information content (AvgIpc) is 3.39. The van der Waals surface area contributed by atoms with Crippen molar-refractivity contribution in [1.82, 2.24) is 19.4 Å². The molecule has 0 aliphatic carbocycles. The third kappa shape index (κ3) is 6.18. The van der Waals surface area contributed by atoms with Crippen molar-refractivity contribution in [3.8, 4) is 5.69 Å². The Morgan fingerprint density at radius 3 is 2.42 bits per heavy atom. The molecule has 33 heavy (non-hydrogen) atoms. The standard InChI is InChI=1S/C25H28N4O3S/c30-25(26-16-11-22-7-9-24(10-8-22)29-17-4-15-27-29)23-12-18-28(19-13-23)33(31,32)20-14-21-5-2-1-3-6-21/h1-10,14-15,17,20,23H,11-13,16,18-19H2,(H,26,30)/b20-14+. The summed E-state index contributed by atoms with van der Waals surface area (Å²) in [4.78, 5) is 12.6. The van der Waals surface area contributed by atoms with Crippen LogP contribution in [0, 0.1) is 5.92 Å². The second-order valence-electron chi connectivity index (χ2n) is 8.09. The third-order valence-corrected chi connectivity index (χ3v) is 7.40. The highest BCUT2D eigenvalue weighted by Crippen LogP contribution is 2.21. The predicted molar refractivity (Wildman–Crippen MR) is 129 cm³/mol. The van der Waals surface area contributed by atoms with Gasteiger partial charge in [-0.05, 0) is 54.7 Å². The summed E-state index contributed by atoms with van der Waals surface area (Å²) in [5.74, 6) is -0.156. The minimum absolute atomic E-state index is 0.0000341. The molecule has 1 aromatic heterocycles. The van der Waals surface area contributed by atoms with E-state index in [0.29, 0.717) is 32.5 Å². The molecule has 0 unspecified atom stereocenters. The Morgan fingerprint density at radius 1 is 1.03 bits per heavy atom. The van der Waals surface area contributed by atoms with Crippen molar-refractivity contribution in [1.29, 1.82) is 0 Å². The Morgan fingerprint density at radius 2 is 1.76 bits per heavy atom. The summed E-state index contributed by atoms with van der Waals surface area (Å²) in [7, 11) is -3.49. The average molecular weight is 465 g/mol. The van der Waals surface area contributed by atoms with Crippen LogP contribution in [0.3, 0.4) is 0 Å². The maximum Gasteiger partial charge on any atom is 0.236 e. The smallest absolute Gasteiger partial charge is 0.236 e. The summed E-state index contributed by atoms with van der Waals surface area (Å²) >= 11 is 0. The van der Waals surface area contributed by atoms with Crippen LogP contribution in [0.15, 0.2) is 78.5 Å². The molecular weight excluding hydrogens is 436 g/mol. The first kappa shape index (κ1) is 22.9. The predicted octanol–water partition coefficient (Wildman–Crippen LogP) is 3.24. The van der Waals surface area contributed by atoms with Crippen LogP contribution in [-0.4, -0.2) is 48.0 Å². The highest BCUT2D eigenvalue weighted by Gasteiger charge is 2.29. The summed E-state index contributed by atoms with van der Waals surface area (Å²) < 4.78 is 28.5. The van der Waals surface area contributed by atoms with Gasteiger partial charge in [0.15, 0.2) is 0 Å². The third-order valence-electron chi connectivity index (χ3n) is 5.83. The summed E-state index contributed by atoms with van der Waals surface area (Å²) in [6, 6.07) is 19.3. The van der Waals surface area contributed by atoms with Gasteiger partial charge in [0.2, 0.25) is 15.9 Å². The van der Waals surface area contributed by atoms with Crippen LogP contribution >= 0.6 is 0 Å². The van der Waals surface area contributed by atoms with Gasteiger partial charge in [-0.1, -0.05) is 42.5 Å². The number of amides is 1. The minimum atomic E-state index is -3.49. The molecule has 172 valence electrons. The van der Waals surface area contributed by atoms with Gasteiger partial charge in [0, 0.05) is 43.4 Å². The number of benzene rings is 2. The zero-order chi connectivity index (χ0) is 23.1. The van der Waals surface area contributed by atoms with E-state index >= 15 is 0 Å². The molecule has 2 aromatic carbocycles. The van der Waals surface area contributed by atoms with Gasteiger partial charge < -0.3 is 5.32 Å². The fourth-order valence-corrected chi connectivity index (χ4v) is 5.12. The number of nitrogens with one attached hydrogen (secondary N) is 1. The molecule has 3 aromatic rings. The van der Waals surface area contributed by atoms with Gasteiger partial charge >= 0.3 is 0 Å². The molecule has 0 saturated carbocycles. The number of piperidine rings is 1. The van der Waals surface area contributed by atoms with Gasteiger partial charge in [-0.25, -0.2) is 13.1 Å². The molecular formula is C25H28N4O3S. The van der Waals surface area contributed by atoms with Gasteiger partial charge in [0.05, 0.1) is 5.69 Å². The van der Waals surface area contributed by atoms with Crippen molar-refractivity contribution < 1.29 is 13.2 Å². The van der Waals surface area contributed by atoms with Gasteiger partial charge in [-0.2, -0.15) is 9.40 Å². The van der Waals surface area contributed by atoms with E-state index < -0.39 is 10.0 Å². The van der Waals surface area contributed by atoms with Crippen LogP contribution < -0.4 is 5.32 Å². The van der Waals surface area contributed by atoms with Gasteiger partial charge in [0.1, 0.15) is 0 Å². The normalized spacial score (nSPS) is 15.6. The van der Waals surface area contributed by atoms with Crippen molar-refractivity contribution in [3.63, 3.8) is 0 Å². The molecule has 2 heterocycles. The molecule has 4 rings (SSSR count). The number of carbonyl (C=O) groups excluding carboxylic acids is 1. The maximum absolute atomic E-state index is 12.6. The maximum atomic E-state index is 12.6. The first-order valence-electron chi connectivity index (χ1n) is 11.1.